The lowest BCUT2D eigenvalue weighted by Crippen LogP contribution is -2.43. The first-order chi connectivity index (χ1) is 14.0. The molecule has 0 aliphatic carbocycles. The number of nitrogens with two attached hydrogens (primary N) is 1. The summed E-state index contributed by atoms with van der Waals surface area (Å²) in [5.41, 5.74) is 4.65. The van der Waals surface area contributed by atoms with Crippen LogP contribution in [0.3, 0.4) is 0 Å². The number of hydrogen-bond donors (Lipinski definition) is 2. The molecule has 0 fully saturated rings. The Bertz CT molecular complexity index is 1010. The highest BCUT2D eigenvalue weighted by molar-refractivity contribution is 6.00. The molecule has 160 valence electrons. The molecular formula is C18H15F5N4O3. The average molecular weight is 430 g/mol. The Morgan fingerprint density at radius 2 is 1.90 bits per heavy atom. The third-order valence-electron chi connectivity index (χ3n) is 4.25. The number of alkyl halides is 3. The van der Waals surface area contributed by atoms with E-state index in [2.05, 4.69) is 10.2 Å². The Morgan fingerprint density at radius 3 is 2.47 bits per heavy atom. The Labute approximate surface area is 166 Å². The summed E-state index contributed by atoms with van der Waals surface area (Å²) >= 11 is 0. The lowest BCUT2D eigenvalue weighted by atomic mass is 10.1. The first kappa shape index (κ1) is 21.3. The zero-order valence-electron chi connectivity index (χ0n) is 15.4. The van der Waals surface area contributed by atoms with Gasteiger partial charge in [-0.15, -0.1) is 5.17 Å². The summed E-state index contributed by atoms with van der Waals surface area (Å²) in [6, 6.07) is 5.41. The second kappa shape index (κ2) is 7.78. The molecule has 1 aliphatic heterocycles. The minimum atomic E-state index is -5.36. The van der Waals surface area contributed by atoms with E-state index in [1.807, 2.05) is 0 Å². The van der Waals surface area contributed by atoms with Crippen molar-refractivity contribution < 1.29 is 36.4 Å². The van der Waals surface area contributed by atoms with E-state index in [0.29, 0.717) is 11.2 Å². The van der Waals surface area contributed by atoms with Gasteiger partial charge in [0, 0.05) is 17.7 Å². The average Bonchev–Trinajstić information content (AvgIpc) is 3.00. The molecule has 30 heavy (non-hydrogen) atoms. The normalized spacial score (nSPS) is 13.4. The van der Waals surface area contributed by atoms with Gasteiger partial charge in [0.1, 0.15) is 17.3 Å². The van der Waals surface area contributed by atoms with Crippen molar-refractivity contribution in [1.82, 2.24) is 5.32 Å². The highest BCUT2D eigenvalue weighted by Crippen LogP contribution is 2.39. The molecule has 0 saturated carbocycles. The van der Waals surface area contributed by atoms with Gasteiger partial charge in [-0.2, -0.15) is 13.2 Å². The van der Waals surface area contributed by atoms with Crippen LogP contribution in [0.5, 0.6) is 0 Å². The van der Waals surface area contributed by atoms with Crippen LogP contribution in [0, 0.1) is 11.6 Å². The van der Waals surface area contributed by atoms with E-state index in [1.54, 1.807) is 7.05 Å². The maximum atomic E-state index is 14.4. The Hall–Kier alpha value is -3.41. The third-order valence-corrected chi connectivity index (χ3v) is 4.25. The fraction of sp³-hybridized carbons (Fsp3) is 0.222. The fourth-order valence-electron chi connectivity index (χ4n) is 2.99. The summed E-state index contributed by atoms with van der Waals surface area (Å²) in [7, 11) is 1.60. The van der Waals surface area contributed by atoms with Crippen LogP contribution in [-0.4, -0.2) is 25.1 Å². The summed E-state index contributed by atoms with van der Waals surface area (Å²) in [4.78, 5) is 27.7. The fourth-order valence-corrected chi connectivity index (χ4v) is 2.99. The lowest BCUT2D eigenvalue weighted by molar-refractivity contribution is -0.201. The van der Waals surface area contributed by atoms with Crippen molar-refractivity contribution in [2.24, 2.45) is 5.73 Å². The summed E-state index contributed by atoms with van der Waals surface area (Å²) < 4.78 is 66.6. The number of primary amides is 1. The van der Waals surface area contributed by atoms with Gasteiger partial charge in [-0.25, -0.2) is 18.6 Å². The van der Waals surface area contributed by atoms with Gasteiger partial charge in [0.25, 0.3) is 5.91 Å². The molecule has 0 atom stereocenters. The minimum Gasteiger partial charge on any atom is -0.366 e. The topological polar surface area (TPSA) is 87.9 Å². The number of hydrazine groups is 1. The number of fused-ring (bicyclic) bond motifs is 1. The molecular weight excluding hydrogens is 415 g/mol. The first-order valence-corrected chi connectivity index (χ1v) is 8.45. The van der Waals surface area contributed by atoms with Crippen molar-refractivity contribution in [3.8, 4) is 0 Å². The second-order valence-electron chi connectivity index (χ2n) is 6.34. The lowest BCUT2D eigenvalue weighted by Gasteiger charge is -2.30. The van der Waals surface area contributed by atoms with Crippen molar-refractivity contribution in [1.29, 1.82) is 0 Å². The Morgan fingerprint density at radius 1 is 1.20 bits per heavy atom. The largest absolute Gasteiger partial charge is 0.493 e. The molecule has 1 aliphatic rings. The number of carbonyl (C=O) groups excluding carboxylic acids is 2. The Kier molecular flexibility index (Phi) is 5.53. The van der Waals surface area contributed by atoms with Crippen molar-refractivity contribution in [3.05, 3.63) is 58.7 Å². The third kappa shape index (κ3) is 3.99. The van der Waals surface area contributed by atoms with E-state index in [4.69, 9.17) is 5.73 Å². The molecule has 12 heteroatoms. The van der Waals surface area contributed by atoms with E-state index in [0.717, 1.165) is 17.1 Å². The minimum absolute atomic E-state index is 0.00523. The molecule has 1 amide bonds. The highest BCUT2D eigenvalue weighted by Gasteiger charge is 2.46. The maximum Gasteiger partial charge on any atom is 0.493 e. The number of carbonyl (C=O) groups is 2. The van der Waals surface area contributed by atoms with Crippen LogP contribution >= 0.6 is 0 Å². The monoisotopic (exact) mass is 430 g/mol. The number of amides is 1. The predicted molar refractivity (Wildman–Crippen MR) is 94.9 cm³/mol. The van der Waals surface area contributed by atoms with Crippen LogP contribution in [0.4, 0.5) is 33.3 Å². The number of anilines is 2. The van der Waals surface area contributed by atoms with Crippen LogP contribution in [0.2, 0.25) is 0 Å². The van der Waals surface area contributed by atoms with Crippen molar-refractivity contribution >= 4 is 23.3 Å². The predicted octanol–water partition coefficient (Wildman–Crippen LogP) is 2.55. The number of benzene rings is 2. The molecule has 7 nitrogen and oxygen atoms in total. The summed E-state index contributed by atoms with van der Waals surface area (Å²) in [6.07, 6.45) is -5.36. The molecule has 2 aromatic carbocycles. The van der Waals surface area contributed by atoms with Gasteiger partial charge < -0.3 is 15.9 Å². The van der Waals surface area contributed by atoms with Gasteiger partial charge in [-0.1, -0.05) is 6.07 Å². The zero-order valence-corrected chi connectivity index (χ0v) is 15.4. The van der Waals surface area contributed by atoms with Crippen LogP contribution in [0.15, 0.2) is 30.3 Å². The van der Waals surface area contributed by atoms with E-state index in [-0.39, 0.29) is 35.6 Å². The molecule has 3 N–H and O–H groups in total. The van der Waals surface area contributed by atoms with E-state index in [9.17, 15) is 31.5 Å². The summed E-state index contributed by atoms with van der Waals surface area (Å²) in [5, 5.41) is 4.08. The highest BCUT2D eigenvalue weighted by atomic mass is 19.4. The molecule has 0 spiro atoms. The number of nitrogens with one attached hydrogen (secondary N) is 1. The van der Waals surface area contributed by atoms with Crippen molar-refractivity contribution in [2.45, 2.75) is 19.3 Å². The molecule has 2 aromatic rings. The van der Waals surface area contributed by atoms with Gasteiger partial charge in [0.15, 0.2) is 0 Å². The maximum absolute atomic E-state index is 14.4. The van der Waals surface area contributed by atoms with Crippen LogP contribution < -0.4 is 21.2 Å². The van der Waals surface area contributed by atoms with Crippen LogP contribution in [-0.2, 0) is 22.7 Å². The van der Waals surface area contributed by atoms with Crippen molar-refractivity contribution in [3.63, 3.8) is 0 Å². The van der Waals surface area contributed by atoms with E-state index in [1.165, 1.54) is 12.1 Å². The molecule has 0 aromatic heterocycles. The standard InChI is InChI=1S/C18H15F5N4O3/c1-25-7-9-2-3-12(6-14(9)20)26-8-10-4-11(19)5-13(16(24)28)15(10)27(26)30-17(29)18(21,22)23/h2-6,25H,7-8H2,1H3,(H2,24,28). The van der Waals surface area contributed by atoms with Gasteiger partial charge >= 0.3 is 12.1 Å². The smallest absolute Gasteiger partial charge is 0.366 e. The SMILES string of the molecule is CNCc1ccc(N2Cc3cc(F)cc(C(N)=O)c3N2OC(=O)C(F)(F)F)cc1F. The summed E-state index contributed by atoms with van der Waals surface area (Å²) in [6.45, 7) is -0.126. The molecule has 0 radical (unpaired) electrons. The number of rotatable bonds is 5. The van der Waals surface area contributed by atoms with Gasteiger partial charge in [0.05, 0.1) is 17.8 Å². The van der Waals surface area contributed by atoms with E-state index < -0.39 is 35.3 Å². The Balaban J connectivity index is 2.10. The van der Waals surface area contributed by atoms with E-state index >= 15 is 0 Å². The van der Waals surface area contributed by atoms with Crippen molar-refractivity contribution in [2.75, 3.05) is 17.2 Å². The number of nitrogens with zero attached hydrogens (tertiary/aromatic N) is 2. The molecule has 3 rings (SSSR count). The van der Waals surface area contributed by atoms with Gasteiger partial charge in [-0.3, -0.25) is 4.79 Å². The van der Waals surface area contributed by atoms with Gasteiger partial charge in [-0.05, 0) is 31.3 Å². The molecule has 0 saturated heterocycles. The summed E-state index contributed by atoms with van der Waals surface area (Å²) in [5.74, 6) is -5.30. The molecule has 0 unspecified atom stereocenters. The molecule has 0 bridgehead atoms. The molecule has 1 heterocycles. The quantitative estimate of drug-likeness (QED) is 0.709. The van der Waals surface area contributed by atoms with Crippen LogP contribution in [0.1, 0.15) is 21.5 Å². The van der Waals surface area contributed by atoms with Crippen LogP contribution in [0.25, 0.3) is 0 Å². The van der Waals surface area contributed by atoms with Gasteiger partial charge in [0.2, 0.25) is 0 Å². The first-order valence-electron chi connectivity index (χ1n) is 8.45. The number of hydrogen-bond acceptors (Lipinski definition) is 6. The zero-order chi connectivity index (χ0) is 22.2. The second-order valence-corrected chi connectivity index (χ2v) is 6.34. The number of halogens is 5.